The van der Waals surface area contributed by atoms with Gasteiger partial charge < -0.3 is 8.60 Å². The minimum absolute atomic E-state index is 0.0370. The van der Waals surface area contributed by atoms with E-state index in [-0.39, 0.29) is 28.0 Å². The maximum atomic E-state index is 12.9. The quantitative estimate of drug-likeness (QED) is 0.312. The SMILES string of the molecule is C=CCc1cc(Cl)cc2c(=O)c(OS(=O)(=O)C(F)(F)F)c(-c3ccccc3)oc12. The Morgan fingerprint density at radius 2 is 1.83 bits per heavy atom. The Morgan fingerprint density at radius 1 is 1.17 bits per heavy atom. The van der Waals surface area contributed by atoms with E-state index in [1.807, 2.05) is 0 Å². The van der Waals surface area contributed by atoms with E-state index in [1.54, 1.807) is 6.07 Å². The molecule has 0 bridgehead atoms. The van der Waals surface area contributed by atoms with Gasteiger partial charge in [-0.05, 0) is 18.6 Å². The predicted molar refractivity (Wildman–Crippen MR) is 102 cm³/mol. The van der Waals surface area contributed by atoms with Crippen molar-refractivity contribution in [2.24, 2.45) is 0 Å². The smallest absolute Gasteiger partial charge is 0.452 e. The van der Waals surface area contributed by atoms with Gasteiger partial charge in [0.1, 0.15) is 5.58 Å². The van der Waals surface area contributed by atoms with E-state index in [0.29, 0.717) is 5.56 Å². The van der Waals surface area contributed by atoms with Crippen LogP contribution in [0.3, 0.4) is 0 Å². The van der Waals surface area contributed by atoms with Gasteiger partial charge in [-0.25, -0.2) is 0 Å². The zero-order chi connectivity index (χ0) is 21.4. The summed E-state index contributed by atoms with van der Waals surface area (Å²) in [6, 6.07) is 10.2. The third-order valence-corrected chi connectivity index (χ3v) is 5.04. The number of benzene rings is 2. The highest BCUT2D eigenvalue weighted by Crippen LogP contribution is 2.36. The van der Waals surface area contributed by atoms with Crippen molar-refractivity contribution in [3.63, 3.8) is 0 Å². The van der Waals surface area contributed by atoms with E-state index < -0.39 is 32.6 Å². The summed E-state index contributed by atoms with van der Waals surface area (Å²) in [4.78, 5) is 12.9. The first-order valence-corrected chi connectivity index (χ1v) is 9.80. The van der Waals surface area contributed by atoms with Gasteiger partial charge in [-0.2, -0.15) is 21.6 Å². The van der Waals surface area contributed by atoms with Gasteiger partial charge >= 0.3 is 15.6 Å². The fourth-order valence-corrected chi connectivity index (χ4v) is 3.34. The van der Waals surface area contributed by atoms with E-state index in [0.717, 1.165) is 6.07 Å². The van der Waals surface area contributed by atoms with Crippen LogP contribution in [0.1, 0.15) is 5.56 Å². The number of alkyl halides is 3. The molecule has 152 valence electrons. The lowest BCUT2D eigenvalue weighted by Crippen LogP contribution is -2.30. The summed E-state index contributed by atoms with van der Waals surface area (Å²) in [5.41, 5.74) is -6.20. The van der Waals surface area contributed by atoms with Crippen LogP contribution in [0.15, 0.2) is 64.3 Å². The average Bonchev–Trinajstić information content (AvgIpc) is 2.64. The topological polar surface area (TPSA) is 73.6 Å². The van der Waals surface area contributed by atoms with Gasteiger partial charge in [0.25, 0.3) is 0 Å². The maximum absolute atomic E-state index is 12.9. The van der Waals surface area contributed by atoms with Crippen molar-refractivity contribution in [1.29, 1.82) is 0 Å². The normalized spacial score (nSPS) is 12.1. The van der Waals surface area contributed by atoms with Crippen molar-refractivity contribution in [2.75, 3.05) is 0 Å². The number of halogens is 4. The molecule has 0 spiro atoms. The molecule has 0 saturated carbocycles. The second-order valence-electron chi connectivity index (χ2n) is 5.87. The Hall–Kier alpha value is -2.78. The second kappa shape index (κ2) is 7.57. The predicted octanol–water partition coefficient (Wildman–Crippen LogP) is 5.07. The molecule has 1 heterocycles. The molecule has 0 aliphatic heterocycles. The molecule has 0 unspecified atom stereocenters. The minimum Gasteiger partial charge on any atom is -0.452 e. The van der Waals surface area contributed by atoms with Crippen LogP contribution in [0.5, 0.6) is 5.75 Å². The van der Waals surface area contributed by atoms with Crippen LogP contribution in [-0.4, -0.2) is 13.9 Å². The maximum Gasteiger partial charge on any atom is 0.534 e. The third kappa shape index (κ3) is 4.01. The van der Waals surface area contributed by atoms with Crippen molar-refractivity contribution in [2.45, 2.75) is 11.9 Å². The summed E-state index contributed by atoms with van der Waals surface area (Å²) in [6.45, 7) is 3.60. The standard InChI is InChI=1S/C19H12ClF3O5S/c1-2-6-12-9-13(20)10-14-15(24)18(28-29(25,26)19(21,22)23)17(27-16(12)14)11-7-4-3-5-8-11/h2-5,7-10H,1,6H2. The van der Waals surface area contributed by atoms with Gasteiger partial charge in [-0.15, -0.1) is 6.58 Å². The summed E-state index contributed by atoms with van der Waals surface area (Å²) in [5.74, 6) is -1.56. The number of fused-ring (bicyclic) bond motifs is 1. The van der Waals surface area contributed by atoms with E-state index in [4.69, 9.17) is 16.0 Å². The molecule has 2 aromatic carbocycles. The van der Waals surface area contributed by atoms with Crippen LogP contribution in [0, 0.1) is 0 Å². The highest BCUT2D eigenvalue weighted by atomic mass is 35.5. The van der Waals surface area contributed by atoms with Gasteiger partial charge in [0.15, 0.2) is 5.76 Å². The summed E-state index contributed by atoms with van der Waals surface area (Å²) in [5, 5.41) is -0.111. The lowest BCUT2D eigenvalue weighted by Gasteiger charge is -2.14. The molecular formula is C19H12ClF3O5S. The minimum atomic E-state index is -6.11. The van der Waals surface area contributed by atoms with E-state index >= 15 is 0 Å². The zero-order valence-corrected chi connectivity index (χ0v) is 16.1. The van der Waals surface area contributed by atoms with Gasteiger partial charge in [0, 0.05) is 16.1 Å². The van der Waals surface area contributed by atoms with Crippen molar-refractivity contribution in [3.05, 3.63) is 75.9 Å². The molecule has 10 heteroatoms. The lowest BCUT2D eigenvalue weighted by molar-refractivity contribution is -0.0500. The highest BCUT2D eigenvalue weighted by Gasteiger charge is 2.49. The molecule has 0 saturated heterocycles. The fraction of sp³-hybridized carbons (Fsp3) is 0.105. The molecule has 0 aliphatic rings. The fourth-order valence-electron chi connectivity index (χ4n) is 2.63. The van der Waals surface area contributed by atoms with E-state index in [1.165, 1.54) is 36.4 Å². The molecule has 1 aromatic heterocycles. The third-order valence-electron chi connectivity index (χ3n) is 3.87. The van der Waals surface area contributed by atoms with Gasteiger partial charge in [0.05, 0.1) is 5.39 Å². The Bertz CT molecular complexity index is 1250. The Balaban J connectivity index is 2.41. The number of allylic oxidation sites excluding steroid dienone is 1. The van der Waals surface area contributed by atoms with Crippen LogP contribution >= 0.6 is 11.6 Å². The van der Waals surface area contributed by atoms with Gasteiger partial charge in [-0.3, -0.25) is 4.79 Å². The van der Waals surface area contributed by atoms with Crippen LogP contribution < -0.4 is 9.61 Å². The first-order valence-electron chi connectivity index (χ1n) is 8.01. The molecule has 5 nitrogen and oxygen atoms in total. The van der Waals surface area contributed by atoms with E-state index in [9.17, 15) is 26.4 Å². The Kier molecular flexibility index (Phi) is 5.46. The number of hydrogen-bond acceptors (Lipinski definition) is 5. The molecule has 0 aliphatic carbocycles. The van der Waals surface area contributed by atoms with Crippen LogP contribution in [0.25, 0.3) is 22.3 Å². The molecule has 0 amide bonds. The molecule has 3 rings (SSSR count). The molecule has 29 heavy (non-hydrogen) atoms. The summed E-state index contributed by atoms with van der Waals surface area (Å²) in [6.07, 6.45) is 1.76. The summed E-state index contributed by atoms with van der Waals surface area (Å²) in [7, 11) is -6.11. The summed E-state index contributed by atoms with van der Waals surface area (Å²) >= 11 is 5.99. The van der Waals surface area contributed by atoms with E-state index in [2.05, 4.69) is 10.8 Å². The van der Waals surface area contributed by atoms with Crippen molar-refractivity contribution >= 4 is 32.7 Å². The zero-order valence-electron chi connectivity index (χ0n) is 14.5. The molecule has 0 atom stereocenters. The lowest BCUT2D eigenvalue weighted by atomic mass is 10.1. The first kappa shape index (κ1) is 20.9. The largest absolute Gasteiger partial charge is 0.534 e. The van der Waals surface area contributed by atoms with Crippen molar-refractivity contribution in [3.8, 4) is 17.1 Å². The Labute approximate surface area is 168 Å². The molecule has 3 aromatic rings. The molecule has 0 radical (unpaired) electrons. The Morgan fingerprint density at radius 3 is 2.41 bits per heavy atom. The molecular weight excluding hydrogens is 433 g/mol. The average molecular weight is 445 g/mol. The van der Waals surface area contributed by atoms with Crippen molar-refractivity contribution < 1.29 is 30.2 Å². The summed E-state index contributed by atoms with van der Waals surface area (Å²) < 4.78 is 71.6. The highest BCUT2D eigenvalue weighted by molar-refractivity contribution is 7.88. The van der Waals surface area contributed by atoms with Crippen molar-refractivity contribution in [1.82, 2.24) is 0 Å². The monoisotopic (exact) mass is 444 g/mol. The van der Waals surface area contributed by atoms with Gasteiger partial charge in [-0.1, -0.05) is 48.0 Å². The van der Waals surface area contributed by atoms with Crippen LogP contribution in [-0.2, 0) is 16.5 Å². The second-order valence-corrected chi connectivity index (χ2v) is 7.85. The molecule has 0 N–H and O–H groups in total. The first-order chi connectivity index (χ1) is 13.5. The van der Waals surface area contributed by atoms with Crippen LogP contribution in [0.4, 0.5) is 13.2 Å². The number of rotatable bonds is 5. The number of hydrogen-bond donors (Lipinski definition) is 0. The molecule has 0 fully saturated rings. The van der Waals surface area contributed by atoms with Gasteiger partial charge in [0.2, 0.25) is 11.2 Å². The van der Waals surface area contributed by atoms with Crippen LogP contribution in [0.2, 0.25) is 5.02 Å².